The van der Waals surface area contributed by atoms with Gasteiger partial charge < -0.3 is 14.0 Å². The summed E-state index contributed by atoms with van der Waals surface area (Å²) in [5.41, 5.74) is 2.29. The largest absolute Gasteiger partial charge is 0.463 e. The first-order valence-electron chi connectivity index (χ1n) is 7.94. The van der Waals surface area contributed by atoms with Crippen molar-refractivity contribution in [2.24, 2.45) is 5.16 Å². The first-order valence-corrected chi connectivity index (χ1v) is 8.75. The summed E-state index contributed by atoms with van der Waals surface area (Å²) in [7, 11) is 0. The van der Waals surface area contributed by atoms with E-state index in [0.29, 0.717) is 30.6 Å². The summed E-state index contributed by atoms with van der Waals surface area (Å²) < 4.78 is 11.3. The molecule has 0 aliphatic carbocycles. The Morgan fingerprint density at radius 2 is 2.24 bits per heavy atom. The maximum atomic E-state index is 5.76. The normalized spacial score (nSPS) is 15.2. The van der Waals surface area contributed by atoms with Gasteiger partial charge in [0.1, 0.15) is 21.7 Å². The van der Waals surface area contributed by atoms with E-state index in [2.05, 4.69) is 20.1 Å². The molecule has 0 saturated carbocycles. The second-order valence-electron chi connectivity index (χ2n) is 5.72. The van der Waals surface area contributed by atoms with E-state index in [-0.39, 0.29) is 6.10 Å². The quantitative estimate of drug-likeness (QED) is 0.662. The van der Waals surface area contributed by atoms with Gasteiger partial charge in [0.05, 0.1) is 12.8 Å². The first kappa shape index (κ1) is 15.8. The van der Waals surface area contributed by atoms with Crippen molar-refractivity contribution in [1.82, 2.24) is 15.0 Å². The van der Waals surface area contributed by atoms with Gasteiger partial charge in [-0.3, -0.25) is 4.98 Å². The second kappa shape index (κ2) is 6.64. The second-order valence-corrected chi connectivity index (χ2v) is 6.75. The number of hydrogen-bond donors (Lipinski definition) is 0. The highest BCUT2D eigenvalue weighted by atomic mass is 32.1. The van der Waals surface area contributed by atoms with Crippen LogP contribution in [0, 0.1) is 0 Å². The number of rotatable bonds is 4. The van der Waals surface area contributed by atoms with E-state index >= 15 is 0 Å². The van der Waals surface area contributed by atoms with Crippen LogP contribution < -0.4 is 4.74 Å². The lowest BCUT2D eigenvalue weighted by Gasteiger charge is -2.12. The molecule has 0 bridgehead atoms. The molecule has 8 heteroatoms. The molecule has 0 amide bonds. The summed E-state index contributed by atoms with van der Waals surface area (Å²) in [4.78, 5) is 19.3. The SMILES string of the molecule is CC(C)O/N=C1\CCOc2oc(-c3cnc(-c4cccnc4)s3)nc21. The molecule has 0 unspecified atom stereocenters. The third-order valence-electron chi connectivity index (χ3n) is 3.44. The van der Waals surface area contributed by atoms with Gasteiger partial charge in [-0.1, -0.05) is 5.16 Å². The lowest BCUT2D eigenvalue weighted by atomic mass is 10.2. The van der Waals surface area contributed by atoms with Gasteiger partial charge in [0, 0.05) is 24.4 Å². The van der Waals surface area contributed by atoms with E-state index < -0.39 is 0 Å². The van der Waals surface area contributed by atoms with Crippen molar-refractivity contribution in [3.63, 3.8) is 0 Å². The zero-order chi connectivity index (χ0) is 17.2. The zero-order valence-corrected chi connectivity index (χ0v) is 14.6. The predicted octanol–water partition coefficient (Wildman–Crippen LogP) is 3.77. The number of thiazole rings is 1. The molecule has 1 aliphatic heterocycles. The third-order valence-corrected chi connectivity index (χ3v) is 4.47. The molecule has 0 fully saturated rings. The maximum absolute atomic E-state index is 5.76. The highest BCUT2D eigenvalue weighted by Gasteiger charge is 2.26. The molecule has 0 saturated heterocycles. The fraction of sp³-hybridized carbons (Fsp3) is 0.294. The fourth-order valence-electron chi connectivity index (χ4n) is 2.30. The van der Waals surface area contributed by atoms with Crippen LogP contribution in [0.3, 0.4) is 0 Å². The van der Waals surface area contributed by atoms with Crippen LogP contribution in [0.1, 0.15) is 26.0 Å². The Morgan fingerprint density at radius 1 is 1.32 bits per heavy atom. The zero-order valence-electron chi connectivity index (χ0n) is 13.8. The highest BCUT2D eigenvalue weighted by molar-refractivity contribution is 7.18. The lowest BCUT2D eigenvalue weighted by Crippen LogP contribution is -2.16. The Hall–Kier alpha value is -2.74. The molecule has 0 N–H and O–H groups in total. The van der Waals surface area contributed by atoms with Gasteiger partial charge in [-0.15, -0.1) is 11.3 Å². The molecule has 3 aromatic rings. The number of ether oxygens (including phenoxy) is 1. The molecule has 4 heterocycles. The minimum Gasteiger partial charge on any atom is -0.463 e. The van der Waals surface area contributed by atoms with Crippen LogP contribution >= 0.6 is 11.3 Å². The van der Waals surface area contributed by atoms with E-state index in [1.165, 1.54) is 11.3 Å². The van der Waals surface area contributed by atoms with Gasteiger partial charge in [0.15, 0.2) is 5.69 Å². The molecular weight excluding hydrogens is 340 g/mol. The minimum absolute atomic E-state index is 0.00806. The van der Waals surface area contributed by atoms with E-state index in [9.17, 15) is 0 Å². The van der Waals surface area contributed by atoms with Crippen molar-refractivity contribution < 1.29 is 14.0 Å². The Bertz CT molecular complexity index is 902. The summed E-state index contributed by atoms with van der Waals surface area (Å²) in [6, 6.07) is 3.85. The number of nitrogens with zero attached hydrogens (tertiary/aromatic N) is 4. The fourth-order valence-corrected chi connectivity index (χ4v) is 3.14. The van der Waals surface area contributed by atoms with Gasteiger partial charge in [0.2, 0.25) is 5.89 Å². The molecule has 4 rings (SSSR count). The predicted molar refractivity (Wildman–Crippen MR) is 93.7 cm³/mol. The van der Waals surface area contributed by atoms with Crippen LogP contribution in [0.5, 0.6) is 5.95 Å². The van der Waals surface area contributed by atoms with E-state index in [1.54, 1.807) is 18.6 Å². The van der Waals surface area contributed by atoms with Gasteiger partial charge in [0.25, 0.3) is 0 Å². The summed E-state index contributed by atoms with van der Waals surface area (Å²) in [6.45, 7) is 4.34. The van der Waals surface area contributed by atoms with Crippen molar-refractivity contribution in [2.45, 2.75) is 26.4 Å². The molecule has 128 valence electrons. The summed E-state index contributed by atoms with van der Waals surface area (Å²) in [6.07, 6.45) is 5.90. The molecule has 0 atom stereocenters. The van der Waals surface area contributed by atoms with E-state index in [4.69, 9.17) is 14.0 Å². The molecule has 7 nitrogen and oxygen atoms in total. The average molecular weight is 356 g/mol. The summed E-state index contributed by atoms with van der Waals surface area (Å²) >= 11 is 1.49. The third kappa shape index (κ3) is 3.25. The van der Waals surface area contributed by atoms with Gasteiger partial charge in [-0.05, 0) is 26.0 Å². The van der Waals surface area contributed by atoms with Gasteiger partial charge in [-0.25, -0.2) is 9.97 Å². The number of fused-ring (bicyclic) bond motifs is 1. The Balaban J connectivity index is 1.65. The van der Waals surface area contributed by atoms with Gasteiger partial charge in [-0.2, -0.15) is 0 Å². The number of hydrogen-bond acceptors (Lipinski definition) is 8. The maximum Gasteiger partial charge on any atom is 0.315 e. The van der Waals surface area contributed by atoms with Crippen LogP contribution in [0.2, 0.25) is 0 Å². The molecule has 0 aromatic carbocycles. The molecular formula is C17H16N4O3S. The standard InChI is InChI=1S/C17H16N4O3S/c1-10(2)24-21-12-5-7-22-17-14(12)20-15(23-17)13-9-19-16(25-13)11-4-3-6-18-8-11/h3-4,6,8-10H,5,7H2,1-2H3/b21-12+. The van der Waals surface area contributed by atoms with Crippen molar-refractivity contribution >= 4 is 17.0 Å². The first-order chi connectivity index (χ1) is 12.2. The topological polar surface area (TPSA) is 82.6 Å². The van der Waals surface area contributed by atoms with E-state index in [1.807, 2.05) is 26.0 Å². The molecule has 25 heavy (non-hydrogen) atoms. The number of aromatic nitrogens is 3. The lowest BCUT2D eigenvalue weighted by molar-refractivity contribution is 0.0846. The van der Waals surface area contributed by atoms with Crippen LogP contribution in [-0.2, 0) is 4.84 Å². The number of oxime groups is 1. The van der Waals surface area contributed by atoms with Crippen LogP contribution in [-0.4, -0.2) is 33.4 Å². The van der Waals surface area contributed by atoms with Crippen molar-refractivity contribution in [1.29, 1.82) is 0 Å². The summed E-state index contributed by atoms with van der Waals surface area (Å²) in [5.74, 6) is 0.848. The van der Waals surface area contributed by atoms with Crippen molar-refractivity contribution in [3.05, 3.63) is 36.4 Å². The van der Waals surface area contributed by atoms with Gasteiger partial charge >= 0.3 is 5.95 Å². The molecule has 1 aliphatic rings. The van der Waals surface area contributed by atoms with E-state index in [0.717, 1.165) is 21.2 Å². The Morgan fingerprint density at radius 3 is 3.04 bits per heavy atom. The molecule has 0 spiro atoms. The van der Waals surface area contributed by atoms with Crippen LogP contribution in [0.15, 0.2) is 40.3 Å². The smallest absolute Gasteiger partial charge is 0.315 e. The highest BCUT2D eigenvalue weighted by Crippen LogP contribution is 2.36. The van der Waals surface area contributed by atoms with Crippen LogP contribution in [0.4, 0.5) is 0 Å². The van der Waals surface area contributed by atoms with Crippen molar-refractivity contribution in [2.75, 3.05) is 6.61 Å². The Kier molecular flexibility index (Phi) is 4.19. The number of oxazole rings is 1. The Labute approximate surface area is 148 Å². The number of pyridine rings is 1. The minimum atomic E-state index is 0.00806. The monoisotopic (exact) mass is 356 g/mol. The van der Waals surface area contributed by atoms with Crippen LogP contribution in [0.25, 0.3) is 21.3 Å². The molecule has 0 radical (unpaired) electrons. The summed E-state index contributed by atoms with van der Waals surface area (Å²) in [5, 5.41) is 5.04. The van der Waals surface area contributed by atoms with Crippen molar-refractivity contribution in [3.8, 4) is 27.3 Å². The molecule has 3 aromatic heterocycles. The average Bonchev–Trinajstić information content (AvgIpc) is 3.27.